The van der Waals surface area contributed by atoms with Crippen LogP contribution < -0.4 is 0 Å². The second kappa shape index (κ2) is 8.68. The van der Waals surface area contributed by atoms with Gasteiger partial charge in [-0.05, 0) is 46.9 Å². The lowest BCUT2D eigenvalue weighted by Gasteiger charge is -2.04. The Kier molecular flexibility index (Phi) is 6.08. The molecular weight excluding hydrogens is 322 g/mol. The third-order valence-electron chi connectivity index (χ3n) is 4.05. The van der Waals surface area contributed by atoms with E-state index in [1.54, 1.807) is 0 Å². The molecule has 0 amide bonds. The van der Waals surface area contributed by atoms with Crippen LogP contribution in [0.15, 0.2) is 88.8 Å². The minimum atomic E-state index is 0.562. The Morgan fingerprint density at radius 2 is 1.52 bits per heavy atom. The van der Waals surface area contributed by atoms with Gasteiger partial charge in [-0.25, -0.2) is 0 Å². The van der Waals surface area contributed by atoms with Crippen molar-refractivity contribution in [2.45, 2.75) is 30.4 Å². The summed E-state index contributed by atoms with van der Waals surface area (Å²) >= 11 is 1.85. The summed E-state index contributed by atoms with van der Waals surface area (Å²) in [4.78, 5) is 5.88. The number of aliphatic imine (C=N–C) groups is 1. The van der Waals surface area contributed by atoms with Crippen molar-refractivity contribution in [2.75, 3.05) is 0 Å². The van der Waals surface area contributed by atoms with Gasteiger partial charge in [0.15, 0.2) is 0 Å². The summed E-state index contributed by atoms with van der Waals surface area (Å²) in [6.07, 6.45) is 1.93. The van der Waals surface area contributed by atoms with Gasteiger partial charge < -0.3 is 0 Å². The molecule has 3 aromatic rings. The molecule has 0 fully saturated rings. The monoisotopic (exact) mass is 345 g/mol. The zero-order chi connectivity index (χ0) is 17.5. The van der Waals surface area contributed by atoms with E-state index in [0.717, 1.165) is 17.0 Å². The molecule has 0 heterocycles. The molecule has 0 spiro atoms. The van der Waals surface area contributed by atoms with Crippen molar-refractivity contribution in [3.63, 3.8) is 0 Å². The summed E-state index contributed by atoms with van der Waals surface area (Å²) in [5, 5.41) is 0. The van der Waals surface area contributed by atoms with Crippen LogP contribution in [0, 0.1) is 0 Å². The molecule has 0 saturated carbocycles. The van der Waals surface area contributed by atoms with Crippen LogP contribution in [0.5, 0.6) is 0 Å². The molecule has 0 aliphatic heterocycles. The van der Waals surface area contributed by atoms with Crippen LogP contribution in [-0.4, -0.2) is 6.21 Å². The summed E-state index contributed by atoms with van der Waals surface area (Å²) in [5.41, 5.74) is 4.79. The van der Waals surface area contributed by atoms with E-state index >= 15 is 0 Å². The molecule has 0 unspecified atom stereocenters. The summed E-state index contributed by atoms with van der Waals surface area (Å²) < 4.78 is 0. The molecule has 0 bridgehead atoms. The lowest BCUT2D eigenvalue weighted by Crippen LogP contribution is -1.88. The highest BCUT2D eigenvalue weighted by Crippen LogP contribution is 2.23. The fourth-order valence-electron chi connectivity index (χ4n) is 2.48. The SMILES string of the molecule is CC(C)c1ccc(C=Nc2ccc(CSc3ccccc3)cc2)cc1. The summed E-state index contributed by atoms with van der Waals surface area (Å²) in [6, 6.07) is 27.6. The van der Waals surface area contributed by atoms with Crippen molar-refractivity contribution in [1.82, 2.24) is 0 Å². The van der Waals surface area contributed by atoms with Gasteiger partial charge in [-0.2, -0.15) is 0 Å². The van der Waals surface area contributed by atoms with Crippen LogP contribution in [0.25, 0.3) is 0 Å². The smallest absolute Gasteiger partial charge is 0.0630 e. The van der Waals surface area contributed by atoms with Crippen LogP contribution in [-0.2, 0) is 5.75 Å². The molecule has 0 atom stereocenters. The second-order valence-corrected chi connectivity index (χ2v) is 7.40. The molecule has 0 radical (unpaired) electrons. The van der Waals surface area contributed by atoms with E-state index in [1.165, 1.54) is 16.0 Å². The second-order valence-electron chi connectivity index (χ2n) is 6.35. The molecule has 0 N–H and O–H groups in total. The molecule has 0 saturated heterocycles. The largest absolute Gasteiger partial charge is 0.256 e. The van der Waals surface area contributed by atoms with E-state index in [-0.39, 0.29) is 0 Å². The van der Waals surface area contributed by atoms with Crippen LogP contribution in [0.1, 0.15) is 36.5 Å². The van der Waals surface area contributed by atoms with Crippen LogP contribution in [0.4, 0.5) is 5.69 Å². The first kappa shape index (κ1) is 17.5. The van der Waals surface area contributed by atoms with E-state index in [1.807, 2.05) is 24.0 Å². The van der Waals surface area contributed by atoms with Crippen molar-refractivity contribution in [3.05, 3.63) is 95.6 Å². The third kappa shape index (κ3) is 5.33. The van der Waals surface area contributed by atoms with Crippen molar-refractivity contribution >= 4 is 23.7 Å². The maximum absolute atomic E-state index is 4.58. The predicted octanol–water partition coefficient (Wildman–Crippen LogP) is 6.85. The Bertz CT molecular complexity index is 803. The quantitative estimate of drug-likeness (QED) is 0.351. The number of hydrogen-bond donors (Lipinski definition) is 0. The first-order valence-electron chi connectivity index (χ1n) is 8.61. The number of hydrogen-bond acceptors (Lipinski definition) is 2. The Morgan fingerprint density at radius 1 is 0.840 bits per heavy atom. The van der Waals surface area contributed by atoms with Crippen LogP contribution in [0.3, 0.4) is 0 Å². The van der Waals surface area contributed by atoms with Gasteiger partial charge in [0.2, 0.25) is 0 Å². The number of benzene rings is 3. The highest BCUT2D eigenvalue weighted by Gasteiger charge is 1.98. The minimum absolute atomic E-state index is 0.562. The number of rotatable bonds is 6. The van der Waals surface area contributed by atoms with Crippen LogP contribution >= 0.6 is 11.8 Å². The predicted molar refractivity (Wildman–Crippen MR) is 110 cm³/mol. The van der Waals surface area contributed by atoms with Gasteiger partial charge in [0, 0.05) is 16.9 Å². The molecule has 0 aliphatic rings. The first-order chi connectivity index (χ1) is 12.2. The molecule has 3 rings (SSSR count). The van der Waals surface area contributed by atoms with Gasteiger partial charge in [0.05, 0.1) is 5.69 Å². The zero-order valence-corrected chi connectivity index (χ0v) is 15.5. The van der Waals surface area contributed by atoms with Gasteiger partial charge in [-0.3, -0.25) is 4.99 Å². The van der Waals surface area contributed by atoms with Gasteiger partial charge >= 0.3 is 0 Å². The van der Waals surface area contributed by atoms with E-state index in [2.05, 4.69) is 91.6 Å². The number of thioether (sulfide) groups is 1. The van der Waals surface area contributed by atoms with Crippen molar-refractivity contribution in [2.24, 2.45) is 4.99 Å². The minimum Gasteiger partial charge on any atom is -0.256 e. The normalized spacial score (nSPS) is 11.3. The first-order valence-corrected chi connectivity index (χ1v) is 9.60. The lowest BCUT2D eigenvalue weighted by molar-refractivity contribution is 0.866. The Morgan fingerprint density at radius 3 is 2.16 bits per heavy atom. The Balaban J connectivity index is 1.58. The van der Waals surface area contributed by atoms with Gasteiger partial charge in [0.1, 0.15) is 0 Å². The average molecular weight is 346 g/mol. The van der Waals surface area contributed by atoms with Crippen molar-refractivity contribution < 1.29 is 0 Å². The van der Waals surface area contributed by atoms with Crippen molar-refractivity contribution in [3.8, 4) is 0 Å². The topological polar surface area (TPSA) is 12.4 Å². The fourth-order valence-corrected chi connectivity index (χ4v) is 3.35. The number of nitrogens with zero attached hydrogens (tertiary/aromatic N) is 1. The Labute approximate surface area is 154 Å². The highest BCUT2D eigenvalue weighted by molar-refractivity contribution is 7.98. The van der Waals surface area contributed by atoms with Gasteiger partial charge in [-0.1, -0.05) is 68.4 Å². The highest BCUT2D eigenvalue weighted by atomic mass is 32.2. The molecule has 2 heteroatoms. The van der Waals surface area contributed by atoms with Crippen molar-refractivity contribution in [1.29, 1.82) is 0 Å². The molecule has 25 heavy (non-hydrogen) atoms. The maximum Gasteiger partial charge on any atom is 0.0630 e. The van der Waals surface area contributed by atoms with Gasteiger partial charge in [0.25, 0.3) is 0 Å². The molecule has 3 aromatic carbocycles. The summed E-state index contributed by atoms with van der Waals surface area (Å²) in [6.45, 7) is 4.42. The summed E-state index contributed by atoms with van der Waals surface area (Å²) in [7, 11) is 0. The van der Waals surface area contributed by atoms with E-state index in [4.69, 9.17) is 0 Å². The fraction of sp³-hybridized carbons (Fsp3) is 0.174. The van der Waals surface area contributed by atoms with E-state index in [0.29, 0.717) is 5.92 Å². The molecule has 126 valence electrons. The average Bonchev–Trinajstić information content (AvgIpc) is 2.67. The van der Waals surface area contributed by atoms with Crippen LogP contribution in [0.2, 0.25) is 0 Å². The summed E-state index contributed by atoms with van der Waals surface area (Å²) in [5.74, 6) is 1.54. The molecule has 1 nitrogen and oxygen atoms in total. The molecule has 0 aliphatic carbocycles. The maximum atomic E-state index is 4.58. The molecular formula is C23H23NS. The third-order valence-corrected chi connectivity index (χ3v) is 5.13. The Hall–Kier alpha value is -2.32. The molecule has 0 aromatic heterocycles. The van der Waals surface area contributed by atoms with Gasteiger partial charge in [-0.15, -0.1) is 11.8 Å². The van der Waals surface area contributed by atoms with E-state index in [9.17, 15) is 0 Å². The lowest BCUT2D eigenvalue weighted by atomic mass is 10.0. The standard InChI is InChI=1S/C23H23NS/c1-18(2)21-12-8-19(9-13-21)16-24-22-14-10-20(11-15-22)17-25-23-6-4-3-5-7-23/h3-16,18H,17H2,1-2H3. The van der Waals surface area contributed by atoms with E-state index < -0.39 is 0 Å². The zero-order valence-electron chi connectivity index (χ0n) is 14.7.